The van der Waals surface area contributed by atoms with Crippen molar-refractivity contribution in [1.29, 1.82) is 0 Å². The first-order valence-corrected chi connectivity index (χ1v) is 7.14. The van der Waals surface area contributed by atoms with E-state index in [1.54, 1.807) is 24.3 Å². The van der Waals surface area contributed by atoms with Gasteiger partial charge in [-0.05, 0) is 24.6 Å². The van der Waals surface area contributed by atoms with Crippen LogP contribution in [-0.4, -0.2) is 17.1 Å². The summed E-state index contributed by atoms with van der Waals surface area (Å²) in [5.41, 5.74) is 0.974. The fourth-order valence-electron chi connectivity index (χ4n) is 2.53. The number of hydrogen-bond acceptors (Lipinski definition) is 3. The lowest BCUT2D eigenvalue weighted by molar-refractivity contribution is -0.126. The van der Waals surface area contributed by atoms with E-state index in [1.165, 1.54) is 23.1 Å². The monoisotopic (exact) mass is 301 g/mol. The van der Waals surface area contributed by atoms with Gasteiger partial charge in [-0.15, -0.1) is 0 Å². The summed E-state index contributed by atoms with van der Waals surface area (Å²) >= 11 is 0. The number of benzene rings is 2. The van der Waals surface area contributed by atoms with E-state index in [2.05, 4.69) is 0 Å². The Bertz CT molecular complexity index is 717. The molecule has 1 atom stereocenters. The highest BCUT2D eigenvalue weighted by atomic mass is 19.1. The summed E-state index contributed by atoms with van der Waals surface area (Å²) < 4.78 is 19.5. The summed E-state index contributed by atoms with van der Waals surface area (Å²) in [5.74, 6) is -0.0595. The van der Waals surface area contributed by atoms with Gasteiger partial charge >= 0.3 is 0 Å². The van der Waals surface area contributed by atoms with Crippen molar-refractivity contribution in [2.75, 3.05) is 4.90 Å². The third-order valence-corrected chi connectivity index (χ3v) is 3.70. The summed E-state index contributed by atoms with van der Waals surface area (Å²) in [6.07, 6.45) is -0.122. The van der Waals surface area contributed by atoms with Gasteiger partial charge in [0.25, 0.3) is 5.91 Å². The molecule has 1 N–H and O–H groups in total. The van der Waals surface area contributed by atoms with Gasteiger partial charge < -0.3 is 14.7 Å². The van der Waals surface area contributed by atoms with E-state index in [4.69, 9.17) is 4.74 Å². The minimum atomic E-state index is -0.624. The molecule has 0 spiro atoms. The lowest BCUT2D eigenvalue weighted by Gasteiger charge is -2.34. The third kappa shape index (κ3) is 2.50. The molecule has 5 heteroatoms. The first kappa shape index (κ1) is 14.4. The zero-order chi connectivity index (χ0) is 15.7. The maximum absolute atomic E-state index is 13.9. The lowest BCUT2D eigenvalue weighted by Crippen LogP contribution is -2.45. The summed E-state index contributed by atoms with van der Waals surface area (Å²) in [5, 5.41) is 9.59. The van der Waals surface area contributed by atoms with Crippen LogP contribution in [0.5, 0.6) is 11.5 Å². The van der Waals surface area contributed by atoms with Crippen LogP contribution in [-0.2, 0) is 11.3 Å². The molecule has 0 aliphatic carbocycles. The summed E-state index contributed by atoms with van der Waals surface area (Å²) in [7, 11) is 0. The number of nitrogens with zero attached hydrogens (tertiary/aromatic N) is 1. The molecule has 1 heterocycles. The molecule has 0 aromatic heterocycles. The van der Waals surface area contributed by atoms with Crippen LogP contribution in [0.15, 0.2) is 42.5 Å². The predicted molar refractivity (Wildman–Crippen MR) is 80.4 cm³/mol. The maximum atomic E-state index is 13.9. The Kier molecular flexibility index (Phi) is 3.71. The molecule has 1 aliphatic heterocycles. The molecule has 0 bridgehead atoms. The van der Waals surface area contributed by atoms with Gasteiger partial charge in [-0.2, -0.15) is 0 Å². The van der Waals surface area contributed by atoms with Gasteiger partial charge in [0.2, 0.25) is 0 Å². The number of ether oxygens (including phenoxy) is 1. The molecular weight excluding hydrogens is 285 g/mol. The van der Waals surface area contributed by atoms with E-state index in [0.717, 1.165) is 0 Å². The van der Waals surface area contributed by atoms with Crippen LogP contribution in [0.3, 0.4) is 0 Å². The van der Waals surface area contributed by atoms with E-state index in [1.807, 2.05) is 6.92 Å². The van der Waals surface area contributed by atoms with Crippen LogP contribution in [0, 0.1) is 5.82 Å². The fraction of sp³-hybridized carbons (Fsp3) is 0.235. The molecule has 0 fully saturated rings. The lowest BCUT2D eigenvalue weighted by atomic mass is 10.1. The quantitative estimate of drug-likeness (QED) is 0.947. The first-order valence-electron chi connectivity index (χ1n) is 7.14. The van der Waals surface area contributed by atoms with Gasteiger partial charge in [-0.3, -0.25) is 4.79 Å². The Morgan fingerprint density at radius 3 is 2.77 bits per heavy atom. The normalized spacial score (nSPS) is 17.1. The van der Waals surface area contributed by atoms with Gasteiger partial charge in [0.05, 0.1) is 12.2 Å². The average molecular weight is 301 g/mol. The summed E-state index contributed by atoms with van der Waals surface area (Å²) in [4.78, 5) is 14.0. The molecule has 4 nitrogen and oxygen atoms in total. The SMILES string of the molecule is CC[C@@H]1Oc2cc(O)ccc2N(Cc2ccccc2F)C1=O. The van der Waals surface area contributed by atoms with Crippen molar-refractivity contribution in [3.8, 4) is 11.5 Å². The average Bonchev–Trinajstić information content (AvgIpc) is 2.51. The van der Waals surface area contributed by atoms with Crippen LogP contribution in [0.4, 0.5) is 10.1 Å². The molecule has 1 aliphatic rings. The first-order chi connectivity index (χ1) is 10.6. The number of amides is 1. The van der Waals surface area contributed by atoms with E-state index in [0.29, 0.717) is 23.4 Å². The highest BCUT2D eigenvalue weighted by Crippen LogP contribution is 2.38. The van der Waals surface area contributed by atoms with Crippen LogP contribution < -0.4 is 9.64 Å². The van der Waals surface area contributed by atoms with E-state index in [9.17, 15) is 14.3 Å². The summed E-state index contributed by atoms with van der Waals surface area (Å²) in [6, 6.07) is 10.9. The topological polar surface area (TPSA) is 49.8 Å². The Morgan fingerprint density at radius 2 is 2.05 bits per heavy atom. The Balaban J connectivity index is 2.01. The Labute approximate surface area is 127 Å². The standard InChI is InChI=1S/C17H16FNO3/c1-2-15-17(21)19(10-11-5-3-4-6-13(11)18)14-8-7-12(20)9-16(14)22-15/h3-9,15,20H,2,10H2,1H3/t15-/m0/s1. The van der Waals surface area contributed by atoms with Gasteiger partial charge in [0.15, 0.2) is 6.10 Å². The van der Waals surface area contributed by atoms with E-state index >= 15 is 0 Å². The predicted octanol–water partition coefficient (Wildman–Crippen LogP) is 3.24. The van der Waals surface area contributed by atoms with Crippen molar-refractivity contribution in [2.45, 2.75) is 26.0 Å². The van der Waals surface area contributed by atoms with Crippen LogP contribution in [0.25, 0.3) is 0 Å². The zero-order valence-electron chi connectivity index (χ0n) is 12.1. The van der Waals surface area contributed by atoms with Gasteiger partial charge in [-0.1, -0.05) is 25.1 Å². The summed E-state index contributed by atoms with van der Waals surface area (Å²) in [6.45, 7) is 1.97. The minimum absolute atomic E-state index is 0.0637. The number of fused-ring (bicyclic) bond motifs is 1. The Hall–Kier alpha value is -2.56. The van der Waals surface area contributed by atoms with Gasteiger partial charge in [0, 0.05) is 11.6 Å². The number of halogens is 1. The molecule has 0 saturated carbocycles. The van der Waals surface area contributed by atoms with Crippen molar-refractivity contribution in [1.82, 2.24) is 0 Å². The number of anilines is 1. The highest BCUT2D eigenvalue weighted by Gasteiger charge is 2.33. The van der Waals surface area contributed by atoms with Gasteiger partial charge in [-0.25, -0.2) is 4.39 Å². The molecule has 114 valence electrons. The molecular formula is C17H16FNO3. The smallest absolute Gasteiger partial charge is 0.268 e. The number of rotatable bonds is 3. The fourth-order valence-corrected chi connectivity index (χ4v) is 2.53. The molecule has 2 aromatic carbocycles. The third-order valence-electron chi connectivity index (χ3n) is 3.70. The van der Waals surface area contributed by atoms with Crippen molar-refractivity contribution in [3.05, 3.63) is 53.8 Å². The maximum Gasteiger partial charge on any atom is 0.268 e. The minimum Gasteiger partial charge on any atom is -0.508 e. The molecule has 1 amide bonds. The number of hydrogen-bond donors (Lipinski definition) is 1. The molecule has 0 saturated heterocycles. The van der Waals surface area contributed by atoms with Crippen molar-refractivity contribution >= 4 is 11.6 Å². The number of aromatic hydroxyl groups is 1. The molecule has 22 heavy (non-hydrogen) atoms. The second-order valence-corrected chi connectivity index (χ2v) is 5.18. The van der Waals surface area contributed by atoms with Crippen molar-refractivity contribution in [2.24, 2.45) is 0 Å². The zero-order valence-corrected chi connectivity index (χ0v) is 12.1. The second kappa shape index (κ2) is 5.67. The van der Waals surface area contributed by atoms with Gasteiger partial charge in [0.1, 0.15) is 17.3 Å². The number of carbonyl (C=O) groups excluding carboxylic acids is 1. The highest BCUT2D eigenvalue weighted by molar-refractivity contribution is 6.00. The number of carbonyl (C=O) groups is 1. The van der Waals surface area contributed by atoms with Crippen molar-refractivity contribution < 1.29 is 19.0 Å². The molecule has 0 unspecified atom stereocenters. The molecule has 2 aromatic rings. The largest absolute Gasteiger partial charge is 0.508 e. The number of phenolic OH excluding ortho intramolecular Hbond substituents is 1. The van der Waals surface area contributed by atoms with Crippen LogP contribution in [0.2, 0.25) is 0 Å². The van der Waals surface area contributed by atoms with Crippen molar-refractivity contribution in [3.63, 3.8) is 0 Å². The number of phenols is 1. The van der Waals surface area contributed by atoms with Crippen LogP contribution in [0.1, 0.15) is 18.9 Å². The molecule has 3 rings (SSSR count). The Morgan fingerprint density at radius 1 is 1.27 bits per heavy atom. The molecule has 0 radical (unpaired) electrons. The van der Waals surface area contributed by atoms with E-state index < -0.39 is 6.10 Å². The van der Waals surface area contributed by atoms with E-state index in [-0.39, 0.29) is 24.0 Å². The van der Waals surface area contributed by atoms with Crippen LogP contribution >= 0.6 is 0 Å². The second-order valence-electron chi connectivity index (χ2n) is 5.18.